The van der Waals surface area contributed by atoms with Gasteiger partial charge in [0, 0.05) is 50.6 Å². The minimum atomic E-state index is -0.187. The third-order valence-electron chi connectivity index (χ3n) is 5.32. The largest absolute Gasteiger partial charge is 0.355 e. The highest BCUT2D eigenvalue weighted by Crippen LogP contribution is 2.29. The van der Waals surface area contributed by atoms with Crippen molar-refractivity contribution >= 4 is 11.8 Å². The third kappa shape index (κ3) is 4.50. The molecule has 0 radical (unpaired) electrons. The summed E-state index contributed by atoms with van der Waals surface area (Å²) in [6, 6.07) is 5.23. The number of nitrogens with zero attached hydrogens (tertiary/aromatic N) is 5. The van der Waals surface area contributed by atoms with Crippen LogP contribution in [-0.4, -0.2) is 55.8 Å². The minimum Gasteiger partial charge on any atom is -0.355 e. The van der Waals surface area contributed by atoms with Gasteiger partial charge in [-0.2, -0.15) is 5.10 Å². The molecule has 4 heterocycles. The zero-order valence-corrected chi connectivity index (χ0v) is 17.9. The second-order valence-electron chi connectivity index (χ2n) is 8.13. The highest BCUT2D eigenvalue weighted by atomic mass is 16.5. The Morgan fingerprint density at radius 3 is 2.90 bits per heavy atom. The number of rotatable bonds is 5. The van der Waals surface area contributed by atoms with Crippen LogP contribution in [0.2, 0.25) is 0 Å². The average Bonchev–Trinajstić information content (AvgIpc) is 3.42. The molecule has 0 saturated carbocycles. The topological polar surface area (TPSA) is 106 Å². The predicted octanol–water partition coefficient (Wildman–Crippen LogP) is 2.63. The van der Waals surface area contributed by atoms with Gasteiger partial charge in [0.05, 0.1) is 23.0 Å². The van der Waals surface area contributed by atoms with E-state index in [0.29, 0.717) is 24.4 Å². The van der Waals surface area contributed by atoms with Gasteiger partial charge >= 0.3 is 0 Å². The minimum absolute atomic E-state index is 0.0171. The van der Waals surface area contributed by atoms with Gasteiger partial charge in [-0.1, -0.05) is 5.16 Å². The number of carbonyl (C=O) groups is 2. The van der Waals surface area contributed by atoms with E-state index >= 15 is 0 Å². The first-order chi connectivity index (χ1) is 14.9. The predicted molar refractivity (Wildman–Crippen MR) is 113 cm³/mol. The van der Waals surface area contributed by atoms with E-state index in [1.807, 2.05) is 20.9 Å². The molecule has 0 spiro atoms. The Labute approximate surface area is 180 Å². The summed E-state index contributed by atoms with van der Waals surface area (Å²) in [6.45, 7) is 4.96. The average molecular weight is 422 g/mol. The van der Waals surface area contributed by atoms with Crippen LogP contribution in [0.1, 0.15) is 59.1 Å². The van der Waals surface area contributed by atoms with E-state index in [2.05, 4.69) is 20.6 Å². The van der Waals surface area contributed by atoms with Gasteiger partial charge in [0.15, 0.2) is 11.5 Å². The second kappa shape index (κ2) is 8.71. The van der Waals surface area contributed by atoms with Crippen LogP contribution in [0.5, 0.6) is 0 Å². The van der Waals surface area contributed by atoms with Gasteiger partial charge < -0.3 is 14.7 Å². The lowest BCUT2D eigenvalue weighted by atomic mass is 9.91. The molecule has 1 aliphatic heterocycles. The maximum absolute atomic E-state index is 13.1. The number of nitrogens with one attached hydrogen (secondary N) is 1. The van der Waals surface area contributed by atoms with Gasteiger partial charge in [0.25, 0.3) is 11.8 Å². The standard InChI is InChI=1S/C22H26N6O3/c1-14(2)25-21(29)17-7-4-8-23-20(17)15-6-5-9-28(13-15)22(30)18-10-19(31-26-18)16-11-24-27(3)12-16/h4,7-8,10-12,14-15H,5-6,9,13H2,1-3H3,(H,25,29)/t15-/m1/s1. The van der Waals surface area contributed by atoms with E-state index in [9.17, 15) is 9.59 Å². The quantitative estimate of drug-likeness (QED) is 0.677. The van der Waals surface area contributed by atoms with E-state index in [0.717, 1.165) is 24.1 Å². The molecule has 1 fully saturated rings. The van der Waals surface area contributed by atoms with Crippen molar-refractivity contribution in [1.29, 1.82) is 0 Å². The molecule has 0 bridgehead atoms. The van der Waals surface area contributed by atoms with Crippen LogP contribution >= 0.6 is 0 Å². The fourth-order valence-corrected chi connectivity index (χ4v) is 3.88. The number of hydrogen-bond donors (Lipinski definition) is 1. The number of pyridine rings is 1. The summed E-state index contributed by atoms with van der Waals surface area (Å²) < 4.78 is 7.02. The van der Waals surface area contributed by atoms with Crippen molar-refractivity contribution in [2.75, 3.05) is 13.1 Å². The number of likely N-dealkylation sites (tertiary alicyclic amines) is 1. The summed E-state index contributed by atoms with van der Waals surface area (Å²) in [5.41, 5.74) is 2.32. The first-order valence-electron chi connectivity index (χ1n) is 10.4. The van der Waals surface area contributed by atoms with Crippen molar-refractivity contribution in [1.82, 2.24) is 30.1 Å². The fraction of sp³-hybridized carbons (Fsp3) is 0.409. The van der Waals surface area contributed by atoms with E-state index in [-0.39, 0.29) is 29.5 Å². The van der Waals surface area contributed by atoms with Crippen molar-refractivity contribution in [3.63, 3.8) is 0 Å². The molecule has 162 valence electrons. The van der Waals surface area contributed by atoms with Gasteiger partial charge in [0.2, 0.25) is 0 Å². The molecule has 0 aliphatic carbocycles. The molecule has 0 aromatic carbocycles. The summed E-state index contributed by atoms with van der Waals surface area (Å²) in [4.78, 5) is 32.0. The maximum atomic E-state index is 13.1. The first kappa shape index (κ1) is 20.8. The Bertz CT molecular complexity index is 1090. The summed E-state index contributed by atoms with van der Waals surface area (Å²) >= 11 is 0. The first-order valence-corrected chi connectivity index (χ1v) is 10.4. The molecule has 1 aliphatic rings. The molecule has 4 rings (SSSR count). The lowest BCUT2D eigenvalue weighted by Crippen LogP contribution is -2.40. The Morgan fingerprint density at radius 2 is 2.16 bits per heavy atom. The number of carbonyl (C=O) groups excluding carboxylic acids is 2. The van der Waals surface area contributed by atoms with Crippen LogP contribution in [0.25, 0.3) is 11.3 Å². The van der Waals surface area contributed by atoms with Crippen LogP contribution < -0.4 is 5.32 Å². The summed E-state index contributed by atoms with van der Waals surface area (Å²) in [6.07, 6.45) is 6.85. The molecule has 3 aromatic rings. The third-order valence-corrected chi connectivity index (χ3v) is 5.32. The van der Waals surface area contributed by atoms with Crippen molar-refractivity contribution in [3.05, 3.63) is 53.7 Å². The molecule has 0 unspecified atom stereocenters. The van der Waals surface area contributed by atoms with Crippen LogP contribution in [0.15, 0.2) is 41.3 Å². The maximum Gasteiger partial charge on any atom is 0.276 e. The van der Waals surface area contributed by atoms with Crippen LogP contribution in [0.4, 0.5) is 0 Å². The Balaban J connectivity index is 1.51. The normalized spacial score (nSPS) is 16.5. The smallest absolute Gasteiger partial charge is 0.276 e. The molecule has 1 saturated heterocycles. The molecule has 1 atom stereocenters. The van der Waals surface area contributed by atoms with Gasteiger partial charge in [-0.25, -0.2) is 0 Å². The number of aryl methyl sites for hydroxylation is 1. The van der Waals surface area contributed by atoms with E-state index in [1.54, 1.807) is 46.4 Å². The lowest BCUT2D eigenvalue weighted by Gasteiger charge is -2.32. The molecular weight excluding hydrogens is 396 g/mol. The van der Waals surface area contributed by atoms with E-state index in [4.69, 9.17) is 4.52 Å². The van der Waals surface area contributed by atoms with Crippen LogP contribution in [0, 0.1) is 0 Å². The SMILES string of the molecule is CC(C)NC(=O)c1cccnc1[C@@H]1CCCN(C(=O)c2cc(-c3cnn(C)c3)on2)C1. The fourth-order valence-electron chi connectivity index (χ4n) is 3.88. The highest BCUT2D eigenvalue weighted by Gasteiger charge is 2.30. The molecule has 31 heavy (non-hydrogen) atoms. The molecule has 2 amide bonds. The second-order valence-corrected chi connectivity index (χ2v) is 8.13. The molecular formula is C22H26N6O3. The molecule has 9 heteroatoms. The molecule has 1 N–H and O–H groups in total. The number of amides is 2. The summed E-state index contributed by atoms with van der Waals surface area (Å²) in [7, 11) is 1.81. The zero-order chi connectivity index (χ0) is 22.0. The zero-order valence-electron chi connectivity index (χ0n) is 17.9. The number of hydrogen-bond acceptors (Lipinski definition) is 6. The highest BCUT2D eigenvalue weighted by molar-refractivity contribution is 5.96. The van der Waals surface area contributed by atoms with E-state index in [1.165, 1.54) is 0 Å². The van der Waals surface area contributed by atoms with Crippen molar-refractivity contribution in [3.8, 4) is 11.3 Å². The Hall–Kier alpha value is -3.49. The molecule has 3 aromatic heterocycles. The van der Waals surface area contributed by atoms with Gasteiger partial charge in [-0.3, -0.25) is 19.3 Å². The van der Waals surface area contributed by atoms with Gasteiger partial charge in [-0.05, 0) is 38.8 Å². The van der Waals surface area contributed by atoms with Gasteiger partial charge in [0.1, 0.15) is 0 Å². The van der Waals surface area contributed by atoms with Crippen molar-refractivity contribution < 1.29 is 14.1 Å². The number of piperidine rings is 1. The monoisotopic (exact) mass is 422 g/mol. The lowest BCUT2D eigenvalue weighted by molar-refractivity contribution is 0.0695. The molecule has 9 nitrogen and oxygen atoms in total. The summed E-state index contributed by atoms with van der Waals surface area (Å²) in [5, 5.41) is 11.0. The van der Waals surface area contributed by atoms with Gasteiger partial charge in [-0.15, -0.1) is 0 Å². The van der Waals surface area contributed by atoms with Crippen molar-refractivity contribution in [2.45, 2.75) is 38.6 Å². The van der Waals surface area contributed by atoms with Crippen molar-refractivity contribution in [2.24, 2.45) is 7.05 Å². The van der Waals surface area contributed by atoms with Crippen LogP contribution in [0.3, 0.4) is 0 Å². The Kier molecular flexibility index (Phi) is 5.83. The summed E-state index contributed by atoms with van der Waals surface area (Å²) in [5.74, 6) is 0.158. The van der Waals surface area contributed by atoms with E-state index < -0.39 is 0 Å². The Morgan fingerprint density at radius 1 is 1.32 bits per heavy atom. The van der Waals surface area contributed by atoms with Crippen LogP contribution in [-0.2, 0) is 7.05 Å². The number of aromatic nitrogens is 4.